The zero-order chi connectivity index (χ0) is 14.5. The Labute approximate surface area is 118 Å². The van der Waals surface area contributed by atoms with E-state index in [-0.39, 0.29) is 5.91 Å². The Morgan fingerprint density at radius 1 is 1.42 bits per heavy atom. The monoisotopic (exact) mass is 269 g/mol. The minimum absolute atomic E-state index is 0.239. The first-order valence-electron chi connectivity index (χ1n) is 7.56. The van der Waals surface area contributed by atoms with E-state index in [0.29, 0.717) is 5.41 Å². The Morgan fingerprint density at radius 2 is 2.11 bits per heavy atom. The van der Waals surface area contributed by atoms with Gasteiger partial charge in [-0.25, -0.2) is 0 Å². The highest BCUT2D eigenvalue weighted by Crippen LogP contribution is 2.28. The molecule has 1 amide bonds. The van der Waals surface area contributed by atoms with Crippen LogP contribution in [0.2, 0.25) is 0 Å². The van der Waals surface area contributed by atoms with Crippen molar-refractivity contribution in [2.24, 2.45) is 11.1 Å². The second kappa shape index (κ2) is 6.71. The number of amides is 1. The summed E-state index contributed by atoms with van der Waals surface area (Å²) < 4.78 is 0. The van der Waals surface area contributed by atoms with Gasteiger partial charge in [0.25, 0.3) is 0 Å². The molecule has 0 radical (unpaired) electrons. The molecule has 1 heterocycles. The summed E-state index contributed by atoms with van der Waals surface area (Å²) in [6.45, 7) is 12.9. The Kier molecular flexibility index (Phi) is 5.81. The largest absolute Gasteiger partial charge is 0.368 e. The van der Waals surface area contributed by atoms with Crippen LogP contribution in [-0.2, 0) is 4.79 Å². The van der Waals surface area contributed by atoms with Crippen molar-refractivity contribution < 1.29 is 4.79 Å². The number of likely N-dealkylation sites (N-methyl/N-ethyl adjacent to an activating group) is 1. The van der Waals surface area contributed by atoms with Crippen LogP contribution in [0.5, 0.6) is 0 Å². The summed E-state index contributed by atoms with van der Waals surface area (Å²) in [5, 5.41) is 3.21. The summed E-state index contributed by atoms with van der Waals surface area (Å²) in [4.78, 5) is 14.0. The Bertz CT molecular complexity index is 304. The summed E-state index contributed by atoms with van der Waals surface area (Å²) in [5.41, 5.74) is 5.42. The molecule has 4 nitrogen and oxygen atoms in total. The molecular formula is C15H31N3O. The van der Waals surface area contributed by atoms with Gasteiger partial charge < -0.3 is 16.0 Å². The molecule has 0 spiro atoms. The molecule has 0 saturated carbocycles. The second-order valence-corrected chi connectivity index (χ2v) is 6.87. The number of nitrogens with two attached hydrogens (primary N) is 1. The number of rotatable bonds is 8. The first kappa shape index (κ1) is 16.4. The van der Waals surface area contributed by atoms with Gasteiger partial charge in [0.05, 0.1) is 5.54 Å². The Hall–Kier alpha value is -0.610. The molecule has 1 atom stereocenters. The molecule has 3 N–H and O–H groups in total. The number of primary amides is 1. The van der Waals surface area contributed by atoms with Crippen molar-refractivity contribution in [3.8, 4) is 0 Å². The van der Waals surface area contributed by atoms with E-state index in [0.717, 1.165) is 32.4 Å². The lowest BCUT2D eigenvalue weighted by Crippen LogP contribution is -2.53. The third-order valence-corrected chi connectivity index (χ3v) is 4.27. The quantitative estimate of drug-likeness (QED) is 0.660. The molecular weight excluding hydrogens is 238 g/mol. The maximum atomic E-state index is 11.5. The zero-order valence-electron chi connectivity index (χ0n) is 13.1. The molecule has 112 valence electrons. The highest BCUT2D eigenvalue weighted by molar-refractivity contribution is 5.84. The van der Waals surface area contributed by atoms with Gasteiger partial charge in [0.1, 0.15) is 0 Å². The van der Waals surface area contributed by atoms with Crippen LogP contribution in [0.25, 0.3) is 0 Å². The van der Waals surface area contributed by atoms with Gasteiger partial charge in [0.2, 0.25) is 5.91 Å². The summed E-state index contributed by atoms with van der Waals surface area (Å²) in [7, 11) is 0. The van der Waals surface area contributed by atoms with Crippen LogP contribution in [0.15, 0.2) is 0 Å². The van der Waals surface area contributed by atoms with E-state index >= 15 is 0 Å². The van der Waals surface area contributed by atoms with E-state index in [1.165, 1.54) is 19.5 Å². The first-order valence-corrected chi connectivity index (χ1v) is 7.56. The van der Waals surface area contributed by atoms with Gasteiger partial charge >= 0.3 is 0 Å². The number of hydrogen-bond acceptors (Lipinski definition) is 3. The van der Waals surface area contributed by atoms with Gasteiger partial charge in [-0.2, -0.15) is 0 Å². The van der Waals surface area contributed by atoms with Gasteiger partial charge in [-0.1, -0.05) is 20.8 Å². The van der Waals surface area contributed by atoms with E-state index in [1.54, 1.807) is 0 Å². The van der Waals surface area contributed by atoms with Crippen molar-refractivity contribution >= 4 is 5.91 Å². The first-order chi connectivity index (χ1) is 8.79. The van der Waals surface area contributed by atoms with Crippen LogP contribution >= 0.6 is 0 Å². The van der Waals surface area contributed by atoms with E-state index in [2.05, 4.69) is 24.1 Å². The summed E-state index contributed by atoms with van der Waals surface area (Å²) >= 11 is 0. The SMILES string of the molecule is CCNC(C)(CCCCN1CCC(C)(C)C1)C(N)=O. The molecule has 19 heavy (non-hydrogen) atoms. The van der Waals surface area contributed by atoms with Crippen LogP contribution in [0, 0.1) is 5.41 Å². The molecule has 1 fully saturated rings. The van der Waals surface area contributed by atoms with Gasteiger partial charge in [-0.3, -0.25) is 4.79 Å². The summed E-state index contributed by atoms with van der Waals surface area (Å²) in [5.74, 6) is -0.239. The molecule has 1 aliphatic heterocycles. The van der Waals surface area contributed by atoms with Gasteiger partial charge in [-0.15, -0.1) is 0 Å². The maximum Gasteiger partial charge on any atom is 0.237 e. The molecule has 1 saturated heterocycles. The number of carbonyl (C=O) groups is 1. The Morgan fingerprint density at radius 3 is 2.58 bits per heavy atom. The zero-order valence-corrected chi connectivity index (χ0v) is 13.1. The third-order valence-electron chi connectivity index (χ3n) is 4.27. The topological polar surface area (TPSA) is 58.4 Å². The van der Waals surface area contributed by atoms with Crippen molar-refractivity contribution in [2.45, 2.75) is 58.9 Å². The lowest BCUT2D eigenvalue weighted by Gasteiger charge is -2.27. The number of likely N-dealkylation sites (tertiary alicyclic amines) is 1. The van der Waals surface area contributed by atoms with Crippen LogP contribution in [-0.4, -0.2) is 42.5 Å². The highest BCUT2D eigenvalue weighted by Gasteiger charge is 2.30. The Balaban J connectivity index is 2.24. The predicted molar refractivity (Wildman–Crippen MR) is 80.0 cm³/mol. The molecule has 0 aromatic rings. The van der Waals surface area contributed by atoms with Crippen molar-refractivity contribution in [3.05, 3.63) is 0 Å². The lowest BCUT2D eigenvalue weighted by molar-refractivity contribution is -0.124. The fraction of sp³-hybridized carbons (Fsp3) is 0.933. The molecule has 1 aliphatic rings. The molecule has 1 unspecified atom stereocenters. The number of nitrogens with one attached hydrogen (secondary N) is 1. The predicted octanol–water partition coefficient (Wildman–Crippen LogP) is 1.74. The average molecular weight is 269 g/mol. The lowest BCUT2D eigenvalue weighted by atomic mass is 9.93. The summed E-state index contributed by atoms with van der Waals surface area (Å²) in [6, 6.07) is 0. The smallest absolute Gasteiger partial charge is 0.237 e. The van der Waals surface area contributed by atoms with Crippen molar-refractivity contribution in [1.82, 2.24) is 10.2 Å². The number of nitrogens with zero attached hydrogens (tertiary/aromatic N) is 1. The van der Waals surface area contributed by atoms with Gasteiger partial charge in [0.15, 0.2) is 0 Å². The van der Waals surface area contributed by atoms with Crippen molar-refractivity contribution in [3.63, 3.8) is 0 Å². The van der Waals surface area contributed by atoms with Gasteiger partial charge in [0, 0.05) is 6.54 Å². The van der Waals surface area contributed by atoms with Gasteiger partial charge in [-0.05, 0) is 57.7 Å². The van der Waals surface area contributed by atoms with E-state index in [1.807, 2.05) is 13.8 Å². The molecule has 0 aliphatic carbocycles. The van der Waals surface area contributed by atoms with E-state index in [4.69, 9.17) is 5.73 Å². The molecule has 0 aromatic carbocycles. The third kappa shape index (κ3) is 5.11. The van der Waals surface area contributed by atoms with E-state index < -0.39 is 5.54 Å². The minimum atomic E-state index is -0.543. The molecule has 1 rings (SSSR count). The second-order valence-electron chi connectivity index (χ2n) is 6.87. The van der Waals surface area contributed by atoms with Crippen LogP contribution < -0.4 is 11.1 Å². The minimum Gasteiger partial charge on any atom is -0.368 e. The van der Waals surface area contributed by atoms with Crippen molar-refractivity contribution in [1.29, 1.82) is 0 Å². The fourth-order valence-electron chi connectivity index (χ4n) is 2.92. The van der Waals surface area contributed by atoms with E-state index in [9.17, 15) is 4.79 Å². The number of hydrogen-bond donors (Lipinski definition) is 2. The van der Waals surface area contributed by atoms with Crippen molar-refractivity contribution in [2.75, 3.05) is 26.2 Å². The normalized spacial score (nSPS) is 22.3. The maximum absolute atomic E-state index is 11.5. The van der Waals surface area contributed by atoms with Crippen LogP contribution in [0.3, 0.4) is 0 Å². The fourth-order valence-corrected chi connectivity index (χ4v) is 2.92. The molecule has 0 bridgehead atoms. The van der Waals surface area contributed by atoms with Crippen LogP contribution in [0.4, 0.5) is 0 Å². The number of carbonyl (C=O) groups excluding carboxylic acids is 1. The highest BCUT2D eigenvalue weighted by atomic mass is 16.1. The summed E-state index contributed by atoms with van der Waals surface area (Å²) in [6.07, 6.45) is 4.31. The van der Waals surface area contributed by atoms with Crippen LogP contribution in [0.1, 0.15) is 53.4 Å². The molecule has 0 aromatic heterocycles. The average Bonchev–Trinajstić information content (AvgIpc) is 2.65. The number of unbranched alkanes of at least 4 members (excludes halogenated alkanes) is 1. The standard InChI is InChI=1S/C15H31N3O/c1-5-17-15(4,13(16)19)8-6-7-10-18-11-9-14(2,3)12-18/h17H,5-12H2,1-4H3,(H2,16,19). The molecule has 4 heteroatoms.